The molecule has 4 N–H and O–H groups in total. The third kappa shape index (κ3) is 2.58. The summed E-state index contributed by atoms with van der Waals surface area (Å²) in [6.07, 6.45) is 4.04. The van der Waals surface area contributed by atoms with Crippen LogP contribution in [-0.4, -0.2) is 26.0 Å². The van der Waals surface area contributed by atoms with Crippen molar-refractivity contribution in [3.8, 4) is 11.1 Å². The summed E-state index contributed by atoms with van der Waals surface area (Å²) in [6, 6.07) is 14.2. The lowest BCUT2D eigenvalue weighted by atomic mass is 9.99. The smallest absolute Gasteiger partial charge is 0.303 e. The van der Waals surface area contributed by atoms with Gasteiger partial charge in [0.2, 0.25) is 0 Å². The number of fused-ring (bicyclic) bond motifs is 4. The third-order valence-electron chi connectivity index (χ3n) is 5.22. The lowest BCUT2D eigenvalue weighted by Gasteiger charge is -2.07. The number of aliphatic carboxylic acids is 1. The van der Waals surface area contributed by atoms with E-state index in [4.69, 9.17) is 5.11 Å². The molecule has 0 fully saturated rings. The molecule has 0 spiro atoms. The molecule has 3 heterocycles. The molecule has 138 valence electrons. The van der Waals surface area contributed by atoms with Gasteiger partial charge < -0.3 is 20.1 Å². The first-order chi connectivity index (χ1) is 13.6. The van der Waals surface area contributed by atoms with Crippen molar-refractivity contribution in [3.05, 3.63) is 70.8 Å². The van der Waals surface area contributed by atoms with Crippen molar-refractivity contribution < 1.29 is 9.90 Å². The molecular formula is C22H17N3O3. The van der Waals surface area contributed by atoms with Crippen LogP contribution in [-0.2, 0) is 11.2 Å². The molecule has 0 radical (unpaired) electrons. The van der Waals surface area contributed by atoms with Gasteiger partial charge in [-0.05, 0) is 58.8 Å². The monoisotopic (exact) mass is 371 g/mol. The zero-order valence-corrected chi connectivity index (χ0v) is 14.9. The van der Waals surface area contributed by atoms with Gasteiger partial charge in [-0.25, -0.2) is 0 Å². The van der Waals surface area contributed by atoms with E-state index in [0.717, 1.165) is 43.9 Å². The Labute approximate surface area is 158 Å². The van der Waals surface area contributed by atoms with Crippen molar-refractivity contribution in [1.82, 2.24) is 15.0 Å². The second-order valence-electron chi connectivity index (χ2n) is 6.95. The molecule has 0 amide bonds. The Kier molecular flexibility index (Phi) is 3.58. The maximum atomic E-state index is 12.4. The summed E-state index contributed by atoms with van der Waals surface area (Å²) in [6.45, 7) is 0. The Bertz CT molecular complexity index is 1420. The highest BCUT2D eigenvalue weighted by Gasteiger charge is 2.13. The normalized spacial score (nSPS) is 11.6. The first-order valence-corrected chi connectivity index (χ1v) is 9.05. The van der Waals surface area contributed by atoms with Crippen LogP contribution in [0.25, 0.3) is 43.8 Å². The average Bonchev–Trinajstić information content (AvgIpc) is 3.33. The minimum absolute atomic E-state index is 0.0189. The number of aryl methyl sites for hydroxylation is 1. The van der Waals surface area contributed by atoms with Gasteiger partial charge in [-0.1, -0.05) is 12.1 Å². The molecule has 2 aromatic carbocycles. The number of hydrogen-bond acceptors (Lipinski definition) is 2. The second kappa shape index (κ2) is 6.13. The zero-order valence-electron chi connectivity index (χ0n) is 14.9. The molecule has 0 aliphatic heterocycles. The number of rotatable bonds is 4. The molecule has 3 aromatic heterocycles. The van der Waals surface area contributed by atoms with Gasteiger partial charge >= 0.3 is 5.97 Å². The fourth-order valence-electron chi connectivity index (χ4n) is 3.85. The summed E-state index contributed by atoms with van der Waals surface area (Å²) < 4.78 is 0. The van der Waals surface area contributed by atoms with E-state index >= 15 is 0 Å². The molecule has 28 heavy (non-hydrogen) atoms. The minimum atomic E-state index is -0.857. The highest BCUT2D eigenvalue weighted by Crippen LogP contribution is 2.31. The van der Waals surface area contributed by atoms with Gasteiger partial charge in [0.15, 0.2) is 0 Å². The maximum Gasteiger partial charge on any atom is 0.303 e. The van der Waals surface area contributed by atoms with Crippen LogP contribution >= 0.6 is 0 Å². The Morgan fingerprint density at radius 1 is 0.964 bits per heavy atom. The number of benzene rings is 2. The van der Waals surface area contributed by atoms with Crippen LogP contribution < -0.4 is 5.56 Å². The first kappa shape index (κ1) is 16.4. The molecule has 0 unspecified atom stereocenters. The molecule has 5 aromatic rings. The molecule has 6 heteroatoms. The van der Waals surface area contributed by atoms with Gasteiger partial charge in [0, 0.05) is 40.6 Å². The van der Waals surface area contributed by atoms with E-state index in [-0.39, 0.29) is 12.0 Å². The van der Waals surface area contributed by atoms with Gasteiger partial charge in [-0.2, -0.15) is 0 Å². The van der Waals surface area contributed by atoms with Crippen LogP contribution in [0.3, 0.4) is 0 Å². The minimum Gasteiger partial charge on any atom is -0.481 e. The number of carbonyl (C=O) groups is 1. The largest absolute Gasteiger partial charge is 0.481 e. The molecule has 5 rings (SSSR count). The number of H-pyrrole nitrogens is 3. The van der Waals surface area contributed by atoms with Crippen LogP contribution in [0.2, 0.25) is 0 Å². The number of carboxylic acid groups (broad SMARTS) is 1. The van der Waals surface area contributed by atoms with E-state index in [2.05, 4.69) is 33.2 Å². The Morgan fingerprint density at radius 3 is 2.57 bits per heavy atom. The van der Waals surface area contributed by atoms with Gasteiger partial charge in [0.1, 0.15) is 5.52 Å². The summed E-state index contributed by atoms with van der Waals surface area (Å²) in [5.74, 6) is -0.857. The Hall–Kier alpha value is -3.80. The highest BCUT2D eigenvalue weighted by molar-refractivity contribution is 6.07. The van der Waals surface area contributed by atoms with Crippen molar-refractivity contribution in [2.45, 2.75) is 12.8 Å². The summed E-state index contributed by atoms with van der Waals surface area (Å²) in [5.41, 5.74) is 5.05. The molecule has 0 atom stereocenters. The zero-order chi connectivity index (χ0) is 19.3. The number of carboxylic acids is 1. The van der Waals surface area contributed by atoms with Gasteiger partial charge in [-0.3, -0.25) is 9.59 Å². The van der Waals surface area contributed by atoms with Gasteiger partial charge in [0.25, 0.3) is 5.56 Å². The fraction of sp³-hybridized carbons (Fsp3) is 0.0909. The Balaban J connectivity index is 1.73. The van der Waals surface area contributed by atoms with Crippen molar-refractivity contribution in [2.75, 3.05) is 0 Å². The number of aromatic amines is 3. The van der Waals surface area contributed by atoms with E-state index in [9.17, 15) is 9.59 Å². The summed E-state index contributed by atoms with van der Waals surface area (Å²) >= 11 is 0. The average molecular weight is 371 g/mol. The van der Waals surface area contributed by atoms with Crippen LogP contribution in [0.15, 0.2) is 59.7 Å². The predicted molar refractivity (Wildman–Crippen MR) is 110 cm³/mol. The quantitative estimate of drug-likeness (QED) is 0.381. The fourth-order valence-corrected chi connectivity index (χ4v) is 3.85. The van der Waals surface area contributed by atoms with Crippen LogP contribution in [0.4, 0.5) is 0 Å². The number of pyridine rings is 1. The number of aromatic nitrogens is 3. The summed E-state index contributed by atoms with van der Waals surface area (Å²) in [5, 5.41) is 11.9. The summed E-state index contributed by atoms with van der Waals surface area (Å²) in [4.78, 5) is 32.5. The molecular weight excluding hydrogens is 354 g/mol. The van der Waals surface area contributed by atoms with Crippen LogP contribution in [0, 0.1) is 0 Å². The van der Waals surface area contributed by atoms with Gasteiger partial charge in [0.05, 0.1) is 0 Å². The van der Waals surface area contributed by atoms with E-state index in [1.807, 2.05) is 30.5 Å². The van der Waals surface area contributed by atoms with Crippen molar-refractivity contribution >= 4 is 38.7 Å². The summed E-state index contributed by atoms with van der Waals surface area (Å²) in [7, 11) is 0. The molecule has 0 saturated heterocycles. The predicted octanol–water partition coefficient (Wildman–Crippen LogP) is 4.17. The lowest BCUT2D eigenvalue weighted by molar-refractivity contribution is -0.136. The topological polar surface area (TPSA) is 102 Å². The standard InChI is InChI=1S/C22H17N3O3/c26-19(27)6-3-15-11-24-21-20(15)16-10-13(2-5-18(16)25-22(21)28)12-1-4-17-14(9-12)7-8-23-17/h1-2,4-5,7-11,23-24H,3,6H2,(H,25,28)(H,26,27). The van der Waals surface area contributed by atoms with Crippen LogP contribution in [0.1, 0.15) is 12.0 Å². The van der Waals surface area contributed by atoms with Crippen LogP contribution in [0.5, 0.6) is 0 Å². The molecule has 0 bridgehead atoms. The van der Waals surface area contributed by atoms with E-state index in [1.54, 1.807) is 6.20 Å². The second-order valence-corrected chi connectivity index (χ2v) is 6.95. The van der Waals surface area contributed by atoms with Crippen molar-refractivity contribution in [2.24, 2.45) is 0 Å². The van der Waals surface area contributed by atoms with E-state index in [1.165, 1.54) is 0 Å². The van der Waals surface area contributed by atoms with E-state index in [0.29, 0.717) is 11.9 Å². The molecule has 0 saturated carbocycles. The number of hydrogen-bond donors (Lipinski definition) is 4. The van der Waals surface area contributed by atoms with Crippen molar-refractivity contribution in [3.63, 3.8) is 0 Å². The molecule has 6 nitrogen and oxygen atoms in total. The highest BCUT2D eigenvalue weighted by atomic mass is 16.4. The number of nitrogens with one attached hydrogen (secondary N) is 3. The molecule has 0 aliphatic rings. The Morgan fingerprint density at radius 2 is 1.75 bits per heavy atom. The first-order valence-electron chi connectivity index (χ1n) is 9.05. The molecule has 0 aliphatic carbocycles. The SMILES string of the molecule is O=C(O)CCc1c[nH]c2c(=O)[nH]c3ccc(-c4ccc5[nH]ccc5c4)cc3c12. The lowest BCUT2D eigenvalue weighted by Crippen LogP contribution is -2.06. The third-order valence-corrected chi connectivity index (χ3v) is 5.22. The van der Waals surface area contributed by atoms with Gasteiger partial charge in [-0.15, -0.1) is 0 Å². The van der Waals surface area contributed by atoms with E-state index < -0.39 is 5.97 Å². The maximum absolute atomic E-state index is 12.4. The van der Waals surface area contributed by atoms with Crippen molar-refractivity contribution in [1.29, 1.82) is 0 Å².